The molecule has 0 radical (unpaired) electrons. The van der Waals surface area contributed by atoms with Gasteiger partial charge in [-0.2, -0.15) is 0 Å². The molecule has 7 heteroatoms. The molecule has 26 heavy (non-hydrogen) atoms. The highest BCUT2D eigenvalue weighted by Gasteiger charge is 2.41. The number of nitrogens with zero attached hydrogens (tertiary/aromatic N) is 3. The molecule has 0 saturated heterocycles. The van der Waals surface area contributed by atoms with E-state index in [0.29, 0.717) is 12.0 Å². The van der Waals surface area contributed by atoms with Crippen LogP contribution in [0.5, 0.6) is 5.75 Å². The number of amidine groups is 1. The summed E-state index contributed by atoms with van der Waals surface area (Å²) in [5, 5.41) is 10.0. The zero-order chi connectivity index (χ0) is 17.5. The Labute approximate surface area is 153 Å². The third kappa shape index (κ3) is 2.81. The first-order chi connectivity index (χ1) is 12.8. The van der Waals surface area contributed by atoms with Gasteiger partial charge in [0.25, 0.3) is 0 Å². The Morgan fingerprint density at radius 1 is 1.27 bits per heavy atom. The van der Waals surface area contributed by atoms with E-state index < -0.39 is 0 Å². The van der Waals surface area contributed by atoms with E-state index in [0.717, 1.165) is 29.1 Å². The second-order valence-corrected chi connectivity index (χ2v) is 7.55. The number of methoxy groups -OCH3 is 1. The van der Waals surface area contributed by atoms with E-state index in [1.54, 1.807) is 13.4 Å². The lowest BCUT2D eigenvalue weighted by Gasteiger charge is -2.28. The molecule has 3 N–H and O–H groups in total. The Balaban J connectivity index is 1.37. The van der Waals surface area contributed by atoms with Crippen molar-refractivity contribution in [3.05, 3.63) is 24.3 Å². The maximum Gasteiger partial charge on any atom is 0.203 e. The van der Waals surface area contributed by atoms with E-state index in [1.807, 2.05) is 24.3 Å². The lowest BCUT2D eigenvalue weighted by Crippen LogP contribution is -2.55. The van der Waals surface area contributed by atoms with E-state index in [2.05, 4.69) is 25.9 Å². The molecule has 2 aliphatic carbocycles. The van der Waals surface area contributed by atoms with Crippen LogP contribution in [0, 0.1) is 11.8 Å². The monoisotopic (exact) mass is 352 g/mol. The summed E-state index contributed by atoms with van der Waals surface area (Å²) in [5.41, 5.74) is 0.920. The highest BCUT2D eigenvalue weighted by Crippen LogP contribution is 2.46. The summed E-state index contributed by atoms with van der Waals surface area (Å²) < 4.78 is 5.29. The summed E-state index contributed by atoms with van der Waals surface area (Å²) in [6, 6.07) is 8.26. The predicted octanol–water partition coefficient (Wildman–Crippen LogP) is 1.98. The molecule has 136 valence electrons. The van der Waals surface area contributed by atoms with Crippen molar-refractivity contribution in [1.29, 1.82) is 0 Å². The summed E-state index contributed by atoms with van der Waals surface area (Å²) in [4.78, 5) is 14.2. The maximum atomic E-state index is 5.29. The number of fused-ring (bicyclic) bond motifs is 3. The van der Waals surface area contributed by atoms with Gasteiger partial charge in [-0.15, -0.1) is 0 Å². The molecular weight excluding hydrogens is 328 g/mol. The van der Waals surface area contributed by atoms with Gasteiger partial charge in [-0.05, 0) is 43.2 Å². The number of nitrogens with one attached hydrogen (secondary N) is 3. The van der Waals surface area contributed by atoms with Crippen LogP contribution in [-0.4, -0.2) is 43.5 Å². The largest absolute Gasteiger partial charge is 0.497 e. The molecule has 0 spiro atoms. The molecule has 0 aromatic heterocycles. The van der Waals surface area contributed by atoms with Gasteiger partial charge in [-0.25, -0.2) is 9.98 Å². The Hall–Kier alpha value is -2.57. The van der Waals surface area contributed by atoms with Gasteiger partial charge >= 0.3 is 0 Å². The van der Waals surface area contributed by atoms with Crippen molar-refractivity contribution in [3.63, 3.8) is 0 Å². The Morgan fingerprint density at radius 2 is 2.23 bits per heavy atom. The van der Waals surface area contributed by atoms with Crippen LogP contribution in [-0.2, 0) is 0 Å². The van der Waals surface area contributed by atoms with Crippen LogP contribution in [0.25, 0.3) is 0 Å². The minimum absolute atomic E-state index is 0.0185. The molecule has 7 nitrogen and oxygen atoms in total. The van der Waals surface area contributed by atoms with Crippen LogP contribution < -0.4 is 20.7 Å². The first-order valence-electron chi connectivity index (χ1n) is 9.40. The summed E-state index contributed by atoms with van der Waals surface area (Å²) in [6.07, 6.45) is 6.86. The van der Waals surface area contributed by atoms with Gasteiger partial charge in [0, 0.05) is 11.8 Å². The maximum absolute atomic E-state index is 5.29. The smallest absolute Gasteiger partial charge is 0.203 e. The van der Waals surface area contributed by atoms with Gasteiger partial charge in [-0.3, -0.25) is 4.99 Å². The number of aliphatic imine (C=N–C) groups is 3. The number of guanidine groups is 1. The number of anilines is 1. The van der Waals surface area contributed by atoms with Crippen LogP contribution >= 0.6 is 0 Å². The Bertz CT molecular complexity index is 788. The molecule has 5 atom stereocenters. The number of benzene rings is 1. The van der Waals surface area contributed by atoms with Crippen molar-refractivity contribution < 1.29 is 4.74 Å². The van der Waals surface area contributed by atoms with Gasteiger partial charge in [0.2, 0.25) is 5.96 Å². The van der Waals surface area contributed by atoms with Gasteiger partial charge in [0.05, 0.1) is 19.5 Å². The quantitative estimate of drug-likeness (QED) is 0.777. The average Bonchev–Trinajstić information content (AvgIpc) is 3.38. The van der Waals surface area contributed by atoms with Crippen LogP contribution in [0.1, 0.15) is 25.7 Å². The highest BCUT2D eigenvalue weighted by molar-refractivity contribution is 6.10. The van der Waals surface area contributed by atoms with Crippen molar-refractivity contribution >= 4 is 23.8 Å². The van der Waals surface area contributed by atoms with Gasteiger partial charge < -0.3 is 20.7 Å². The first-order valence-corrected chi connectivity index (χ1v) is 9.40. The average molecular weight is 352 g/mol. The summed E-state index contributed by atoms with van der Waals surface area (Å²) in [5.74, 6) is 4.07. The summed E-state index contributed by atoms with van der Waals surface area (Å²) in [7, 11) is 1.67. The Morgan fingerprint density at radius 3 is 3.04 bits per heavy atom. The highest BCUT2D eigenvalue weighted by atomic mass is 16.5. The molecule has 0 amide bonds. The van der Waals surface area contributed by atoms with Crippen LogP contribution in [0.15, 0.2) is 39.2 Å². The SMILES string of the molecule is COc1cccc(NC2=NC3N=CNC3C(=NC3CC4CCC3C4)N2)c1. The molecule has 5 unspecified atom stereocenters. The fourth-order valence-electron chi connectivity index (χ4n) is 4.63. The minimum Gasteiger partial charge on any atom is -0.497 e. The van der Waals surface area contributed by atoms with E-state index in [-0.39, 0.29) is 12.2 Å². The van der Waals surface area contributed by atoms with Gasteiger partial charge in [-0.1, -0.05) is 12.5 Å². The Kier molecular flexibility index (Phi) is 3.80. The van der Waals surface area contributed by atoms with E-state index in [1.165, 1.54) is 25.7 Å². The standard InChI is InChI=1S/C19H24N6O/c1-26-14-4-2-3-13(9-14)22-19-24-17-16(20-10-21-17)18(25-19)23-15-8-11-5-6-12(15)7-11/h2-4,9-12,15-17H,5-8H2,1H3,(H,20,21)(H2,22,23,24,25). The zero-order valence-electron chi connectivity index (χ0n) is 14.9. The molecule has 2 heterocycles. The van der Waals surface area contributed by atoms with Crippen molar-refractivity contribution in [2.75, 3.05) is 12.4 Å². The summed E-state index contributed by atoms with van der Waals surface area (Å²) >= 11 is 0. The predicted molar refractivity (Wildman–Crippen MR) is 103 cm³/mol. The van der Waals surface area contributed by atoms with Crippen molar-refractivity contribution in [1.82, 2.24) is 10.6 Å². The fraction of sp³-hybridized carbons (Fsp3) is 0.526. The minimum atomic E-state index is -0.165. The number of hydrogen-bond acceptors (Lipinski definition) is 6. The number of ether oxygens (including phenoxy) is 1. The van der Waals surface area contributed by atoms with Gasteiger partial charge in [0.1, 0.15) is 17.6 Å². The van der Waals surface area contributed by atoms with Crippen LogP contribution in [0.2, 0.25) is 0 Å². The third-order valence-electron chi connectivity index (χ3n) is 5.92. The van der Waals surface area contributed by atoms with E-state index in [9.17, 15) is 0 Å². The molecule has 5 rings (SSSR count). The first kappa shape index (κ1) is 15.7. The molecule has 2 bridgehead atoms. The molecule has 2 fully saturated rings. The molecule has 1 aromatic rings. The van der Waals surface area contributed by atoms with Crippen molar-refractivity contribution in [3.8, 4) is 5.75 Å². The lowest BCUT2D eigenvalue weighted by atomic mass is 9.96. The van der Waals surface area contributed by atoms with Crippen molar-refractivity contribution in [2.45, 2.75) is 43.9 Å². The van der Waals surface area contributed by atoms with Crippen LogP contribution in [0.3, 0.4) is 0 Å². The molecule has 2 saturated carbocycles. The molecule has 1 aromatic carbocycles. The third-order valence-corrected chi connectivity index (χ3v) is 5.92. The molecule has 4 aliphatic rings. The van der Waals surface area contributed by atoms with E-state index in [4.69, 9.17) is 9.73 Å². The normalized spacial score (nSPS) is 35.7. The topological polar surface area (TPSA) is 82.4 Å². The fourth-order valence-corrected chi connectivity index (χ4v) is 4.63. The second-order valence-electron chi connectivity index (χ2n) is 7.55. The van der Waals surface area contributed by atoms with Crippen molar-refractivity contribution in [2.24, 2.45) is 26.8 Å². The summed E-state index contributed by atoms with van der Waals surface area (Å²) in [6.45, 7) is 0. The number of rotatable bonds is 3. The zero-order valence-corrected chi connectivity index (χ0v) is 14.9. The lowest BCUT2D eigenvalue weighted by molar-refractivity contribution is 0.415. The van der Waals surface area contributed by atoms with Gasteiger partial charge in [0.15, 0.2) is 6.17 Å². The molecule has 2 aliphatic heterocycles. The molecular formula is C19H24N6O. The number of hydrogen-bond donors (Lipinski definition) is 3. The second kappa shape index (κ2) is 6.30. The van der Waals surface area contributed by atoms with Crippen LogP contribution in [0.4, 0.5) is 5.69 Å². The van der Waals surface area contributed by atoms with E-state index >= 15 is 0 Å².